The third kappa shape index (κ3) is 6.78. The molecule has 3 aromatic carbocycles. The van der Waals surface area contributed by atoms with E-state index in [9.17, 15) is 19.8 Å². The van der Waals surface area contributed by atoms with Crippen molar-refractivity contribution in [3.05, 3.63) is 165 Å². The molecule has 7 rings (SSSR count). The average Bonchev–Trinajstić information content (AvgIpc) is 3.12. The van der Waals surface area contributed by atoms with Gasteiger partial charge in [-0.05, 0) is 65.7 Å². The molecule has 3 heterocycles. The summed E-state index contributed by atoms with van der Waals surface area (Å²) in [6, 6.07) is 32.3. The summed E-state index contributed by atoms with van der Waals surface area (Å²) in [5, 5.41) is 24.6. The highest BCUT2D eigenvalue weighted by atomic mass is 35.5. The molecule has 0 bridgehead atoms. The number of halogens is 1. The van der Waals surface area contributed by atoms with Gasteiger partial charge in [-0.2, -0.15) is 0 Å². The van der Waals surface area contributed by atoms with Crippen LogP contribution in [0.25, 0.3) is 33.4 Å². The molecule has 1 aliphatic heterocycles. The van der Waals surface area contributed by atoms with Crippen LogP contribution in [0.3, 0.4) is 0 Å². The molecule has 0 unspecified atom stereocenters. The number of aromatic hydroxyl groups is 1. The molecule has 3 N–H and O–H groups in total. The number of phenols is 1. The van der Waals surface area contributed by atoms with Gasteiger partial charge in [0.1, 0.15) is 17.1 Å². The number of rotatable bonds is 11. The van der Waals surface area contributed by atoms with Crippen LogP contribution in [0.4, 0.5) is 5.69 Å². The Labute approximate surface area is 292 Å². The largest absolute Gasteiger partial charge is 0.506 e. The molecule has 2 aliphatic rings. The monoisotopic (exact) mass is 682 g/mol. The maximum absolute atomic E-state index is 13.5. The van der Waals surface area contributed by atoms with Crippen molar-refractivity contribution < 1.29 is 19.4 Å². The van der Waals surface area contributed by atoms with Crippen LogP contribution in [0.2, 0.25) is 5.02 Å². The number of para-hydroxylation sites is 1. The van der Waals surface area contributed by atoms with Crippen LogP contribution >= 0.6 is 11.6 Å². The fourth-order valence-electron chi connectivity index (χ4n) is 6.21. The molecule has 0 atom stereocenters. The van der Waals surface area contributed by atoms with Crippen molar-refractivity contribution >= 4 is 34.2 Å². The van der Waals surface area contributed by atoms with Crippen LogP contribution in [0, 0.1) is 0 Å². The quantitative estimate of drug-likeness (QED) is 0.116. The summed E-state index contributed by atoms with van der Waals surface area (Å²) in [6.07, 6.45) is 3.56. The number of aromatic carboxylic acids is 1. The number of hydrogen-bond donors (Lipinski definition) is 3. The van der Waals surface area contributed by atoms with Gasteiger partial charge in [-0.25, -0.2) is 4.79 Å². The van der Waals surface area contributed by atoms with E-state index in [0.717, 1.165) is 22.6 Å². The van der Waals surface area contributed by atoms with Gasteiger partial charge in [0, 0.05) is 66.8 Å². The number of carboxylic acid groups (broad SMARTS) is 1. The van der Waals surface area contributed by atoms with E-state index in [2.05, 4.69) is 20.2 Å². The second kappa shape index (κ2) is 14.2. The van der Waals surface area contributed by atoms with Crippen LogP contribution in [0.1, 0.15) is 32.9 Å². The second-order valence-corrected chi connectivity index (χ2v) is 12.3. The maximum atomic E-state index is 13.5. The number of fused-ring (bicyclic) bond motifs is 2. The van der Waals surface area contributed by atoms with Crippen LogP contribution in [0.5, 0.6) is 5.75 Å². The molecule has 0 fully saturated rings. The Balaban J connectivity index is 1.26. The smallest absolute Gasteiger partial charge is 0.336 e. The Kier molecular flexibility index (Phi) is 9.24. The molecule has 0 spiro atoms. The van der Waals surface area contributed by atoms with Gasteiger partial charge in [0.2, 0.25) is 0 Å². The standard InChI is InChI=1S/C40H31ClN4O5/c41-33-19-31-37(20-36(33)47)50-39-30(38(31)28-12-2-3-13-29(28)40(48)49)15-16-35(46)32(39)21-44-34-14-4-1-9-25(34)22-45(23-26-10-5-7-17-42-26)24-27-11-6-8-18-43-27/h1-20,44,47H,21-24H2,(H,48,49). The molecule has 0 radical (unpaired) electrons. The zero-order valence-electron chi connectivity index (χ0n) is 26.7. The molecular weight excluding hydrogens is 652 g/mol. The van der Waals surface area contributed by atoms with E-state index in [1.165, 1.54) is 18.2 Å². The third-order valence-corrected chi connectivity index (χ3v) is 8.84. The van der Waals surface area contributed by atoms with Crippen molar-refractivity contribution in [3.63, 3.8) is 0 Å². The lowest BCUT2D eigenvalue weighted by molar-refractivity contribution is 0.0697. The first-order chi connectivity index (χ1) is 24.4. The van der Waals surface area contributed by atoms with E-state index in [-0.39, 0.29) is 39.7 Å². The molecule has 9 nitrogen and oxygen atoms in total. The van der Waals surface area contributed by atoms with Crippen molar-refractivity contribution in [2.24, 2.45) is 0 Å². The molecule has 0 amide bonds. The normalized spacial score (nSPS) is 11.3. The van der Waals surface area contributed by atoms with Gasteiger partial charge in [0.05, 0.1) is 27.5 Å². The number of phenolic OH excluding ortho intramolecular Hbond substituents is 1. The summed E-state index contributed by atoms with van der Waals surface area (Å²) in [7, 11) is 0. The van der Waals surface area contributed by atoms with Crippen molar-refractivity contribution in [3.8, 4) is 28.2 Å². The number of carboxylic acids is 1. The van der Waals surface area contributed by atoms with E-state index >= 15 is 0 Å². The molecule has 10 heteroatoms. The van der Waals surface area contributed by atoms with Crippen molar-refractivity contribution in [2.45, 2.75) is 26.2 Å². The van der Waals surface area contributed by atoms with Gasteiger partial charge in [0.25, 0.3) is 0 Å². The highest BCUT2D eigenvalue weighted by Gasteiger charge is 2.25. The fourth-order valence-corrected chi connectivity index (χ4v) is 6.37. The molecule has 50 heavy (non-hydrogen) atoms. The lowest BCUT2D eigenvalue weighted by Crippen LogP contribution is -2.24. The van der Waals surface area contributed by atoms with Gasteiger partial charge >= 0.3 is 5.97 Å². The van der Waals surface area contributed by atoms with Crippen molar-refractivity contribution in [1.29, 1.82) is 0 Å². The molecule has 1 aliphatic carbocycles. The fraction of sp³-hybridized carbons (Fsp3) is 0.100. The van der Waals surface area contributed by atoms with Crippen LogP contribution in [-0.4, -0.2) is 31.1 Å². The number of aromatic nitrogens is 2. The zero-order chi connectivity index (χ0) is 34.6. The predicted molar refractivity (Wildman–Crippen MR) is 193 cm³/mol. The Morgan fingerprint density at radius 3 is 2.18 bits per heavy atom. The maximum Gasteiger partial charge on any atom is 0.336 e. The van der Waals surface area contributed by atoms with E-state index in [1.807, 2.05) is 60.7 Å². The highest BCUT2D eigenvalue weighted by Crippen LogP contribution is 2.44. The molecule has 248 valence electrons. The zero-order valence-corrected chi connectivity index (χ0v) is 27.5. The van der Waals surface area contributed by atoms with Gasteiger partial charge in [0.15, 0.2) is 5.43 Å². The average molecular weight is 683 g/mol. The van der Waals surface area contributed by atoms with Crippen LogP contribution in [-0.2, 0) is 26.2 Å². The van der Waals surface area contributed by atoms with E-state index in [1.54, 1.807) is 42.7 Å². The lowest BCUT2D eigenvalue weighted by atomic mass is 9.89. The number of anilines is 1. The summed E-state index contributed by atoms with van der Waals surface area (Å²) in [6.45, 7) is 1.88. The Morgan fingerprint density at radius 2 is 1.48 bits per heavy atom. The first-order valence-corrected chi connectivity index (χ1v) is 16.3. The van der Waals surface area contributed by atoms with Gasteiger partial charge < -0.3 is 19.9 Å². The van der Waals surface area contributed by atoms with E-state index in [0.29, 0.717) is 47.3 Å². The van der Waals surface area contributed by atoms with Crippen molar-refractivity contribution in [1.82, 2.24) is 14.9 Å². The van der Waals surface area contributed by atoms with E-state index < -0.39 is 5.97 Å². The number of hydrogen-bond acceptors (Lipinski definition) is 8. The summed E-state index contributed by atoms with van der Waals surface area (Å²) in [5.74, 6) is -1.03. The minimum absolute atomic E-state index is 0.0752. The van der Waals surface area contributed by atoms with Gasteiger partial charge in [-0.15, -0.1) is 0 Å². The summed E-state index contributed by atoms with van der Waals surface area (Å²) in [5.41, 5.74) is 5.61. The highest BCUT2D eigenvalue weighted by molar-refractivity contribution is 6.33. The second-order valence-electron chi connectivity index (χ2n) is 11.8. The van der Waals surface area contributed by atoms with Crippen LogP contribution in [0.15, 0.2) is 131 Å². The van der Waals surface area contributed by atoms with Gasteiger partial charge in [-0.3, -0.25) is 19.7 Å². The van der Waals surface area contributed by atoms with Crippen molar-refractivity contribution in [2.75, 3.05) is 5.32 Å². The molecular formula is C40H31ClN4O5. The number of pyridine rings is 2. The minimum atomic E-state index is -1.10. The SMILES string of the molecule is O=C(O)c1ccccc1-c1c2ccc(=O)c(CNc3ccccc3CN(Cc3ccccn3)Cc3ccccn3)c-2oc2cc(O)c(Cl)cc12. The summed E-state index contributed by atoms with van der Waals surface area (Å²) >= 11 is 6.34. The van der Waals surface area contributed by atoms with Gasteiger partial charge in [-0.1, -0.05) is 60.1 Å². The third-order valence-electron chi connectivity index (χ3n) is 8.53. The Hall–Kier alpha value is -6.03. The predicted octanol–water partition coefficient (Wildman–Crippen LogP) is 8.23. The Morgan fingerprint density at radius 1 is 0.800 bits per heavy atom. The first-order valence-electron chi connectivity index (χ1n) is 15.9. The minimum Gasteiger partial charge on any atom is -0.506 e. The number of benzene rings is 4. The molecule has 2 aromatic heterocycles. The summed E-state index contributed by atoms with van der Waals surface area (Å²) < 4.78 is 6.34. The summed E-state index contributed by atoms with van der Waals surface area (Å²) in [4.78, 5) is 37.2. The number of nitrogens with zero attached hydrogens (tertiary/aromatic N) is 3. The Bertz CT molecular complexity index is 2310. The number of carbonyl (C=O) groups is 1. The van der Waals surface area contributed by atoms with E-state index in [4.69, 9.17) is 16.0 Å². The molecule has 5 aromatic rings. The lowest BCUT2D eigenvalue weighted by Gasteiger charge is -2.24. The first kappa shape index (κ1) is 32.5. The number of nitrogens with one attached hydrogen (secondary N) is 1. The van der Waals surface area contributed by atoms with Crippen LogP contribution < -0.4 is 10.7 Å². The molecule has 0 saturated heterocycles. The topological polar surface area (TPSA) is 129 Å². The molecule has 0 saturated carbocycles.